The minimum Gasteiger partial charge on any atom is -0.229 e. The van der Waals surface area contributed by atoms with Crippen molar-refractivity contribution in [2.24, 2.45) is 5.92 Å². The first-order valence-corrected chi connectivity index (χ1v) is 8.71. The molecule has 1 aliphatic heterocycles. The van der Waals surface area contributed by atoms with Gasteiger partial charge in [-0.3, -0.25) is 0 Å². The molecular weight excluding hydrogens is 268 g/mol. The van der Waals surface area contributed by atoms with Gasteiger partial charge in [-0.2, -0.15) is 0 Å². The third kappa shape index (κ3) is 3.27. The van der Waals surface area contributed by atoms with Gasteiger partial charge in [0.1, 0.15) is 0 Å². The third-order valence-corrected chi connectivity index (χ3v) is 5.92. The lowest BCUT2D eigenvalue weighted by Crippen LogP contribution is -2.10. The van der Waals surface area contributed by atoms with Crippen LogP contribution in [0, 0.1) is 5.92 Å². The molecule has 1 heterocycles. The summed E-state index contributed by atoms with van der Waals surface area (Å²) in [7, 11) is -2.85. The van der Waals surface area contributed by atoms with Gasteiger partial charge in [-0.15, -0.1) is 11.6 Å². The Morgan fingerprint density at radius 1 is 1.33 bits per heavy atom. The molecule has 0 bridgehead atoms. The Kier molecular flexibility index (Phi) is 4.33. The lowest BCUT2D eigenvalue weighted by atomic mass is 9.97. The monoisotopic (exact) mass is 286 g/mol. The number of aryl methyl sites for hydroxylation is 1. The van der Waals surface area contributed by atoms with Crippen molar-refractivity contribution in [2.75, 3.05) is 11.5 Å². The lowest BCUT2D eigenvalue weighted by molar-refractivity contribution is 0.569. The molecule has 1 aromatic carbocycles. The number of hydrogen-bond acceptors (Lipinski definition) is 2. The van der Waals surface area contributed by atoms with Crippen LogP contribution in [0.3, 0.4) is 0 Å². The van der Waals surface area contributed by atoms with Crippen molar-refractivity contribution in [3.63, 3.8) is 0 Å². The standard InChI is InChI=1S/C14H19ClO2S/c1-2-3-11-4-6-12(7-5-11)14(15)13-8-9-18(16,17)10-13/h4-7,13-14H,2-3,8-10H2,1H3. The Morgan fingerprint density at radius 2 is 2.00 bits per heavy atom. The third-order valence-electron chi connectivity index (χ3n) is 3.52. The molecule has 2 rings (SSSR count). The van der Waals surface area contributed by atoms with Crippen molar-refractivity contribution in [2.45, 2.75) is 31.6 Å². The molecule has 2 atom stereocenters. The van der Waals surface area contributed by atoms with E-state index in [0.717, 1.165) is 18.4 Å². The van der Waals surface area contributed by atoms with Gasteiger partial charge >= 0.3 is 0 Å². The van der Waals surface area contributed by atoms with Gasteiger partial charge in [0, 0.05) is 0 Å². The number of halogens is 1. The molecule has 0 radical (unpaired) electrons. The van der Waals surface area contributed by atoms with Crippen LogP contribution < -0.4 is 0 Å². The fourth-order valence-electron chi connectivity index (χ4n) is 2.48. The summed E-state index contributed by atoms with van der Waals surface area (Å²) in [4.78, 5) is 0. The van der Waals surface area contributed by atoms with Crippen LogP contribution in [-0.2, 0) is 16.3 Å². The van der Waals surface area contributed by atoms with Gasteiger partial charge in [-0.25, -0.2) is 8.42 Å². The molecule has 0 aromatic heterocycles. The second-order valence-electron chi connectivity index (χ2n) is 5.06. The first kappa shape index (κ1) is 13.9. The maximum absolute atomic E-state index is 11.5. The van der Waals surface area contributed by atoms with E-state index in [1.54, 1.807) is 0 Å². The SMILES string of the molecule is CCCc1ccc(C(Cl)C2CCS(=O)(=O)C2)cc1. The average molecular weight is 287 g/mol. The average Bonchev–Trinajstić information content (AvgIpc) is 2.70. The highest BCUT2D eigenvalue weighted by molar-refractivity contribution is 7.91. The van der Waals surface area contributed by atoms with Crippen LogP contribution in [0.15, 0.2) is 24.3 Å². The highest BCUT2D eigenvalue weighted by atomic mass is 35.5. The van der Waals surface area contributed by atoms with Crippen molar-refractivity contribution >= 4 is 21.4 Å². The van der Waals surface area contributed by atoms with E-state index in [0.29, 0.717) is 6.42 Å². The summed E-state index contributed by atoms with van der Waals surface area (Å²) in [6, 6.07) is 8.26. The van der Waals surface area contributed by atoms with Gasteiger partial charge in [-0.1, -0.05) is 37.6 Å². The van der Waals surface area contributed by atoms with Crippen molar-refractivity contribution in [3.8, 4) is 0 Å². The summed E-state index contributed by atoms with van der Waals surface area (Å²) in [6.07, 6.45) is 2.89. The fourth-order valence-corrected chi connectivity index (χ4v) is 4.79. The van der Waals surface area contributed by atoms with Gasteiger partial charge in [-0.05, 0) is 29.9 Å². The second-order valence-corrected chi connectivity index (χ2v) is 7.76. The molecule has 4 heteroatoms. The summed E-state index contributed by atoms with van der Waals surface area (Å²) in [5, 5.41) is -0.182. The molecule has 100 valence electrons. The van der Waals surface area contributed by atoms with E-state index in [1.807, 2.05) is 12.1 Å². The van der Waals surface area contributed by atoms with Crippen LogP contribution in [0.4, 0.5) is 0 Å². The maximum atomic E-state index is 11.5. The van der Waals surface area contributed by atoms with E-state index in [1.165, 1.54) is 5.56 Å². The molecule has 1 aliphatic rings. The minimum absolute atomic E-state index is 0.0636. The van der Waals surface area contributed by atoms with Gasteiger partial charge in [0.15, 0.2) is 9.84 Å². The highest BCUT2D eigenvalue weighted by Crippen LogP contribution is 2.36. The van der Waals surface area contributed by atoms with Crippen molar-refractivity contribution in [3.05, 3.63) is 35.4 Å². The van der Waals surface area contributed by atoms with Gasteiger partial charge in [0.2, 0.25) is 0 Å². The van der Waals surface area contributed by atoms with E-state index < -0.39 is 9.84 Å². The van der Waals surface area contributed by atoms with Crippen LogP contribution >= 0.6 is 11.6 Å². The van der Waals surface area contributed by atoms with E-state index in [9.17, 15) is 8.42 Å². The Hall–Kier alpha value is -0.540. The predicted octanol–water partition coefficient (Wildman–Crippen LogP) is 3.35. The first-order valence-electron chi connectivity index (χ1n) is 6.45. The quantitative estimate of drug-likeness (QED) is 0.796. The summed E-state index contributed by atoms with van der Waals surface area (Å²) in [5.41, 5.74) is 2.35. The van der Waals surface area contributed by atoms with Crippen molar-refractivity contribution in [1.29, 1.82) is 0 Å². The molecule has 18 heavy (non-hydrogen) atoms. The lowest BCUT2D eigenvalue weighted by Gasteiger charge is -2.16. The van der Waals surface area contributed by atoms with Crippen LogP contribution in [-0.4, -0.2) is 19.9 Å². The molecule has 2 nitrogen and oxygen atoms in total. The second kappa shape index (κ2) is 5.62. The first-order chi connectivity index (χ1) is 8.52. The minimum atomic E-state index is -2.85. The van der Waals surface area contributed by atoms with Crippen LogP contribution in [0.1, 0.15) is 36.3 Å². The Labute approximate surface area is 114 Å². The highest BCUT2D eigenvalue weighted by Gasteiger charge is 2.33. The number of hydrogen-bond donors (Lipinski definition) is 0. The summed E-state index contributed by atoms with van der Waals surface area (Å²) in [6.45, 7) is 2.15. The molecule has 1 fully saturated rings. The zero-order valence-electron chi connectivity index (χ0n) is 10.6. The van der Waals surface area contributed by atoms with Gasteiger partial charge in [0.25, 0.3) is 0 Å². The van der Waals surface area contributed by atoms with Crippen LogP contribution in [0.5, 0.6) is 0 Å². The summed E-state index contributed by atoms with van der Waals surface area (Å²) >= 11 is 6.40. The Morgan fingerprint density at radius 3 is 2.50 bits per heavy atom. The molecule has 1 aromatic rings. The largest absolute Gasteiger partial charge is 0.229 e. The van der Waals surface area contributed by atoms with E-state index in [-0.39, 0.29) is 22.8 Å². The smallest absolute Gasteiger partial charge is 0.150 e. The number of rotatable bonds is 4. The van der Waals surface area contributed by atoms with Crippen LogP contribution in [0.25, 0.3) is 0 Å². The Balaban J connectivity index is 2.07. The fraction of sp³-hybridized carbons (Fsp3) is 0.571. The number of sulfone groups is 1. The van der Waals surface area contributed by atoms with Gasteiger partial charge in [0.05, 0.1) is 16.9 Å². The predicted molar refractivity (Wildman–Crippen MR) is 75.8 cm³/mol. The van der Waals surface area contributed by atoms with Crippen molar-refractivity contribution < 1.29 is 8.42 Å². The maximum Gasteiger partial charge on any atom is 0.150 e. The normalized spacial score (nSPS) is 24.0. The molecule has 1 saturated heterocycles. The van der Waals surface area contributed by atoms with E-state index >= 15 is 0 Å². The number of benzene rings is 1. The zero-order valence-corrected chi connectivity index (χ0v) is 12.2. The zero-order chi connectivity index (χ0) is 13.2. The summed E-state index contributed by atoms with van der Waals surface area (Å²) in [5.74, 6) is 0.584. The molecule has 2 unspecified atom stereocenters. The molecule has 0 saturated carbocycles. The number of alkyl halides is 1. The van der Waals surface area contributed by atoms with Crippen LogP contribution in [0.2, 0.25) is 0 Å². The van der Waals surface area contributed by atoms with E-state index in [2.05, 4.69) is 19.1 Å². The van der Waals surface area contributed by atoms with E-state index in [4.69, 9.17) is 11.6 Å². The van der Waals surface area contributed by atoms with Crippen molar-refractivity contribution in [1.82, 2.24) is 0 Å². The van der Waals surface area contributed by atoms with Gasteiger partial charge < -0.3 is 0 Å². The Bertz CT molecular complexity index is 493. The molecular formula is C14H19ClO2S. The molecule has 0 spiro atoms. The summed E-state index contributed by atoms with van der Waals surface area (Å²) < 4.78 is 22.9. The molecule has 0 N–H and O–H groups in total. The topological polar surface area (TPSA) is 34.1 Å². The molecule has 0 aliphatic carbocycles. The molecule has 0 amide bonds.